The molecule has 0 bridgehead atoms. The molecule has 0 aliphatic carbocycles. The number of imidazole rings is 1. The van der Waals surface area contributed by atoms with E-state index in [2.05, 4.69) is 20.3 Å². The number of fused-ring (bicyclic) bond motifs is 1. The van der Waals surface area contributed by atoms with Crippen LogP contribution in [0, 0.1) is 0 Å². The van der Waals surface area contributed by atoms with Crippen molar-refractivity contribution in [3.05, 3.63) is 56.7 Å². The molecule has 3 rings (SSSR count). The number of aryl methyl sites for hydroxylation is 1. The van der Waals surface area contributed by atoms with Gasteiger partial charge in [0, 0.05) is 21.1 Å². The summed E-state index contributed by atoms with van der Waals surface area (Å²) < 4.78 is 2.25. The van der Waals surface area contributed by atoms with Crippen LogP contribution in [0.1, 0.15) is 18.6 Å². The molecule has 0 aliphatic rings. The summed E-state index contributed by atoms with van der Waals surface area (Å²) in [5.74, 6) is 0.0940. The molecule has 2 atom stereocenters. The van der Waals surface area contributed by atoms with Crippen LogP contribution in [-0.2, 0) is 14.1 Å². The number of H-pyrrole nitrogens is 1. The molecule has 0 amide bonds. The fourth-order valence-corrected chi connectivity index (χ4v) is 2.69. The Balaban J connectivity index is 1.85. The van der Waals surface area contributed by atoms with Crippen molar-refractivity contribution < 1.29 is 5.11 Å². The van der Waals surface area contributed by atoms with Gasteiger partial charge in [0.25, 0.3) is 11.5 Å². The van der Waals surface area contributed by atoms with Gasteiger partial charge in [0.05, 0.1) is 6.04 Å². The number of rotatable bonds is 5. The second-order valence-corrected chi connectivity index (χ2v) is 6.32. The molecule has 2 N–H and O–H groups in total. The minimum absolute atomic E-state index is 0.0940. The largest absolute Gasteiger partial charge is 0.386 e. The molecule has 0 saturated heterocycles. The molecule has 0 fully saturated rings. The third-order valence-corrected chi connectivity index (χ3v) is 4.55. The highest BCUT2D eigenvalue weighted by atomic mass is 16.3. The van der Waals surface area contributed by atoms with Crippen LogP contribution in [0.5, 0.6) is 0 Å². The van der Waals surface area contributed by atoms with E-state index < -0.39 is 17.4 Å². The molecular formula is C17H21N7O3. The van der Waals surface area contributed by atoms with Gasteiger partial charge >= 0.3 is 5.69 Å². The number of hydrogen-bond donors (Lipinski definition) is 2. The summed E-state index contributed by atoms with van der Waals surface area (Å²) in [6, 6.07) is 8.91. The van der Waals surface area contributed by atoms with Gasteiger partial charge in [-0.25, -0.2) is 4.79 Å². The van der Waals surface area contributed by atoms with Crippen LogP contribution in [0.25, 0.3) is 11.2 Å². The average molecular weight is 371 g/mol. The van der Waals surface area contributed by atoms with E-state index >= 15 is 0 Å². The smallest absolute Gasteiger partial charge is 0.332 e. The molecular weight excluding hydrogens is 350 g/mol. The van der Waals surface area contributed by atoms with Crippen LogP contribution >= 0.6 is 0 Å². The highest BCUT2D eigenvalue weighted by molar-refractivity contribution is 5.71. The lowest BCUT2D eigenvalue weighted by molar-refractivity contribution is 0.0700. The van der Waals surface area contributed by atoms with Crippen LogP contribution in [0.4, 0.5) is 5.95 Å². The van der Waals surface area contributed by atoms with E-state index in [1.807, 2.05) is 37.3 Å². The number of nitrogens with one attached hydrogen (secondary N) is 1. The van der Waals surface area contributed by atoms with Gasteiger partial charge in [-0.3, -0.25) is 18.9 Å². The van der Waals surface area contributed by atoms with Crippen LogP contribution < -0.4 is 11.2 Å². The van der Waals surface area contributed by atoms with E-state index in [1.165, 1.54) is 23.7 Å². The number of aliphatic hydroxyl groups excluding tert-OH is 1. The lowest BCUT2D eigenvalue weighted by Gasteiger charge is -2.25. The first kappa shape index (κ1) is 18.5. The summed E-state index contributed by atoms with van der Waals surface area (Å²) in [5, 5.41) is 20.0. The molecule has 10 heteroatoms. The summed E-state index contributed by atoms with van der Waals surface area (Å²) in [4.78, 5) is 31.1. The van der Waals surface area contributed by atoms with E-state index in [4.69, 9.17) is 0 Å². The Morgan fingerprint density at radius 1 is 1.19 bits per heavy atom. The number of aromatic amines is 1. The number of aliphatic hydroxyl groups is 1. The maximum absolute atomic E-state index is 12.2. The van der Waals surface area contributed by atoms with Crippen molar-refractivity contribution in [2.75, 3.05) is 7.05 Å². The van der Waals surface area contributed by atoms with Crippen LogP contribution in [0.2, 0.25) is 0 Å². The lowest BCUT2D eigenvalue weighted by atomic mass is 10.0. The van der Waals surface area contributed by atoms with Gasteiger partial charge in [0.1, 0.15) is 6.10 Å². The van der Waals surface area contributed by atoms with Gasteiger partial charge < -0.3 is 10.1 Å². The van der Waals surface area contributed by atoms with E-state index in [0.717, 1.165) is 10.1 Å². The highest BCUT2D eigenvalue weighted by Crippen LogP contribution is 2.21. The zero-order valence-electron chi connectivity index (χ0n) is 15.5. The average Bonchev–Trinajstić information content (AvgIpc) is 3.13. The Hall–Kier alpha value is -3.27. The topological polar surface area (TPSA) is 121 Å². The first-order chi connectivity index (χ1) is 12.8. The van der Waals surface area contributed by atoms with Gasteiger partial charge in [-0.2, -0.15) is 4.98 Å². The van der Waals surface area contributed by atoms with Crippen LogP contribution in [0.15, 0.2) is 50.3 Å². The van der Waals surface area contributed by atoms with E-state index in [1.54, 1.807) is 7.05 Å². The van der Waals surface area contributed by atoms with Crippen LogP contribution in [-0.4, -0.2) is 42.3 Å². The molecule has 0 radical (unpaired) electrons. The molecule has 10 nitrogen and oxygen atoms in total. The zero-order chi connectivity index (χ0) is 19.7. The summed E-state index contributed by atoms with van der Waals surface area (Å²) in [6.45, 7) is 1.81. The fourth-order valence-electron chi connectivity index (χ4n) is 2.69. The molecule has 0 aliphatic heterocycles. The maximum atomic E-state index is 12.2. The third-order valence-electron chi connectivity index (χ3n) is 4.55. The Bertz CT molecular complexity index is 1100. The third kappa shape index (κ3) is 3.38. The van der Waals surface area contributed by atoms with E-state index in [9.17, 15) is 14.7 Å². The number of aromatic nitrogens is 4. The van der Waals surface area contributed by atoms with Gasteiger partial charge in [-0.1, -0.05) is 40.7 Å². The Labute approximate surface area is 154 Å². The van der Waals surface area contributed by atoms with Crippen molar-refractivity contribution in [2.45, 2.75) is 19.1 Å². The molecule has 2 aromatic heterocycles. The van der Waals surface area contributed by atoms with Crippen molar-refractivity contribution in [1.29, 1.82) is 0 Å². The van der Waals surface area contributed by atoms with Crippen LogP contribution in [0.3, 0.4) is 0 Å². The predicted molar refractivity (Wildman–Crippen MR) is 99.7 cm³/mol. The van der Waals surface area contributed by atoms with Crippen molar-refractivity contribution in [1.82, 2.24) is 24.1 Å². The van der Waals surface area contributed by atoms with Gasteiger partial charge in [-0.15, -0.1) is 0 Å². The molecule has 142 valence electrons. The zero-order valence-corrected chi connectivity index (χ0v) is 15.5. The van der Waals surface area contributed by atoms with Crippen molar-refractivity contribution >= 4 is 17.1 Å². The van der Waals surface area contributed by atoms with E-state index in [0.29, 0.717) is 0 Å². The number of hydrogen-bond acceptors (Lipinski definition) is 6. The van der Waals surface area contributed by atoms with E-state index in [-0.39, 0.29) is 23.2 Å². The monoisotopic (exact) mass is 371 g/mol. The summed E-state index contributed by atoms with van der Waals surface area (Å²) >= 11 is 0. The minimum Gasteiger partial charge on any atom is -0.386 e. The highest BCUT2D eigenvalue weighted by Gasteiger charge is 2.20. The van der Waals surface area contributed by atoms with Crippen molar-refractivity contribution in [2.24, 2.45) is 24.4 Å². The standard InChI is InChI=1S/C17H21N7O3/c1-10(13(25)11-8-6-5-7-9-11)24(4)21-20-16-18-12-14(19-16)22(2)17(27)23(3)15(12)26/h5-10,13,25H,1-4H3,(H,18,19)/t10-,13+/m1/s1. The molecule has 27 heavy (non-hydrogen) atoms. The van der Waals surface area contributed by atoms with Gasteiger partial charge in [-0.05, 0) is 12.5 Å². The molecule has 0 saturated carbocycles. The predicted octanol–water partition coefficient (Wildman–Crippen LogP) is 1.01. The fraction of sp³-hybridized carbons (Fsp3) is 0.353. The summed E-state index contributed by atoms with van der Waals surface area (Å²) in [5.41, 5.74) is 0.197. The lowest BCUT2D eigenvalue weighted by Crippen LogP contribution is -2.36. The molecule has 0 unspecified atom stereocenters. The molecule has 3 aromatic rings. The quantitative estimate of drug-likeness (QED) is 0.512. The normalized spacial score (nSPS) is 14.0. The summed E-state index contributed by atoms with van der Waals surface area (Å²) in [7, 11) is 4.60. The number of likely N-dealkylation sites (N-methyl/N-ethyl adjacent to an activating group) is 1. The molecule has 1 aromatic carbocycles. The first-order valence-corrected chi connectivity index (χ1v) is 8.34. The number of nitrogens with zero attached hydrogens (tertiary/aromatic N) is 6. The Morgan fingerprint density at radius 2 is 1.85 bits per heavy atom. The minimum atomic E-state index is -0.751. The maximum Gasteiger partial charge on any atom is 0.332 e. The Morgan fingerprint density at radius 3 is 2.52 bits per heavy atom. The van der Waals surface area contributed by atoms with Crippen molar-refractivity contribution in [3.8, 4) is 0 Å². The second kappa shape index (κ2) is 7.16. The van der Waals surface area contributed by atoms with Crippen molar-refractivity contribution in [3.63, 3.8) is 0 Å². The number of benzene rings is 1. The van der Waals surface area contributed by atoms with Gasteiger partial charge in [0.15, 0.2) is 11.2 Å². The second-order valence-electron chi connectivity index (χ2n) is 6.32. The first-order valence-electron chi connectivity index (χ1n) is 8.34. The Kier molecular flexibility index (Phi) is 4.91. The van der Waals surface area contributed by atoms with Gasteiger partial charge in [0.2, 0.25) is 0 Å². The SMILES string of the molecule is C[C@H]([C@H](O)c1ccccc1)N(C)N=Nc1nc2c([nH]1)c(=O)n(C)c(=O)n2C. The summed E-state index contributed by atoms with van der Waals surface area (Å²) in [6.07, 6.45) is -0.751. The molecule has 2 heterocycles. The molecule has 0 spiro atoms.